The van der Waals surface area contributed by atoms with E-state index in [1.165, 1.54) is 11.3 Å². The number of aromatic nitrogens is 1. The summed E-state index contributed by atoms with van der Waals surface area (Å²) in [5.41, 5.74) is 1.90. The second-order valence-corrected chi connectivity index (χ2v) is 6.90. The summed E-state index contributed by atoms with van der Waals surface area (Å²) in [6, 6.07) is 12.8. The predicted molar refractivity (Wildman–Crippen MR) is 83.9 cm³/mol. The number of anilines is 2. The van der Waals surface area contributed by atoms with E-state index >= 15 is 0 Å². The number of fused-ring (bicyclic) bond motifs is 1. The smallest absolute Gasteiger partial charge is 0.296 e. The third-order valence-corrected chi connectivity index (χ3v) is 5.17. The van der Waals surface area contributed by atoms with Crippen LogP contribution in [0.15, 0.2) is 47.4 Å². The van der Waals surface area contributed by atoms with Crippen LogP contribution in [0.25, 0.3) is 10.2 Å². The lowest BCUT2D eigenvalue weighted by Crippen LogP contribution is -2.00. The summed E-state index contributed by atoms with van der Waals surface area (Å²) in [7, 11) is -4.28. The topological polar surface area (TPSA) is 79.3 Å². The number of thiazole rings is 1. The minimum atomic E-state index is -4.28. The number of nitrogens with one attached hydrogen (secondary N) is 1. The Hall–Kier alpha value is -1.96. The Morgan fingerprint density at radius 2 is 1.86 bits per heavy atom. The molecule has 108 valence electrons. The van der Waals surface area contributed by atoms with Gasteiger partial charge in [-0.15, -0.1) is 0 Å². The molecular formula is C14H12N2O3S2. The molecule has 0 unspecified atom stereocenters. The van der Waals surface area contributed by atoms with Gasteiger partial charge in [-0.2, -0.15) is 8.42 Å². The SMILES string of the molecule is Cc1ccc2nc(Nc3ccccc3)sc2c1S(=O)(=O)O. The highest BCUT2D eigenvalue weighted by atomic mass is 32.2. The lowest BCUT2D eigenvalue weighted by molar-refractivity contribution is 0.484. The zero-order chi connectivity index (χ0) is 15.0. The van der Waals surface area contributed by atoms with Crippen LogP contribution in [0, 0.1) is 6.92 Å². The molecule has 2 N–H and O–H groups in total. The Morgan fingerprint density at radius 3 is 2.52 bits per heavy atom. The number of hydrogen-bond donors (Lipinski definition) is 2. The summed E-state index contributed by atoms with van der Waals surface area (Å²) in [5.74, 6) is 0. The van der Waals surface area contributed by atoms with Crippen molar-refractivity contribution in [1.29, 1.82) is 0 Å². The second-order valence-electron chi connectivity index (χ2n) is 4.54. The summed E-state index contributed by atoms with van der Waals surface area (Å²) < 4.78 is 33.0. The molecule has 7 heteroatoms. The van der Waals surface area contributed by atoms with Gasteiger partial charge in [0.25, 0.3) is 10.1 Å². The second kappa shape index (κ2) is 5.10. The molecule has 0 fully saturated rings. The standard InChI is InChI=1S/C14H12N2O3S2/c1-9-7-8-11-12(13(9)21(17,18)19)20-14(16-11)15-10-5-3-2-4-6-10/h2-8H,1H3,(H,15,16)(H,17,18,19). The van der Waals surface area contributed by atoms with Crippen molar-refractivity contribution >= 4 is 42.5 Å². The fraction of sp³-hybridized carbons (Fsp3) is 0.0714. The first-order valence-electron chi connectivity index (χ1n) is 6.15. The van der Waals surface area contributed by atoms with Crippen LogP contribution in [-0.4, -0.2) is 18.0 Å². The molecule has 3 rings (SSSR count). The van der Waals surface area contributed by atoms with Crippen molar-refractivity contribution < 1.29 is 13.0 Å². The summed E-state index contributed by atoms with van der Waals surface area (Å²) in [4.78, 5) is 4.28. The van der Waals surface area contributed by atoms with Crippen molar-refractivity contribution in [2.75, 3.05) is 5.32 Å². The van der Waals surface area contributed by atoms with Gasteiger partial charge in [-0.3, -0.25) is 4.55 Å². The normalized spacial score (nSPS) is 11.7. The summed E-state index contributed by atoms with van der Waals surface area (Å²) in [5, 5.41) is 3.70. The number of rotatable bonds is 3. The van der Waals surface area contributed by atoms with Gasteiger partial charge in [0, 0.05) is 5.69 Å². The molecule has 2 aromatic carbocycles. The Kier molecular flexibility index (Phi) is 3.40. The molecule has 3 aromatic rings. The van der Waals surface area contributed by atoms with E-state index in [-0.39, 0.29) is 4.90 Å². The van der Waals surface area contributed by atoms with Crippen LogP contribution >= 0.6 is 11.3 Å². The first-order valence-corrected chi connectivity index (χ1v) is 8.40. The molecule has 0 radical (unpaired) electrons. The number of benzene rings is 2. The Morgan fingerprint density at radius 1 is 1.14 bits per heavy atom. The van der Waals surface area contributed by atoms with Crippen LogP contribution < -0.4 is 5.32 Å². The third kappa shape index (κ3) is 2.76. The van der Waals surface area contributed by atoms with Crippen molar-refractivity contribution in [2.45, 2.75) is 11.8 Å². The van der Waals surface area contributed by atoms with Gasteiger partial charge in [0.05, 0.1) is 10.2 Å². The van der Waals surface area contributed by atoms with E-state index in [4.69, 9.17) is 0 Å². The fourth-order valence-electron chi connectivity index (χ4n) is 2.09. The molecular weight excluding hydrogens is 308 g/mol. The lowest BCUT2D eigenvalue weighted by Gasteiger charge is -2.02. The van der Waals surface area contributed by atoms with Crippen molar-refractivity contribution in [1.82, 2.24) is 4.98 Å². The number of para-hydroxylation sites is 1. The monoisotopic (exact) mass is 320 g/mol. The molecule has 1 heterocycles. The summed E-state index contributed by atoms with van der Waals surface area (Å²) in [6.07, 6.45) is 0. The van der Waals surface area contributed by atoms with Crippen LogP contribution in [0.5, 0.6) is 0 Å². The van der Waals surface area contributed by atoms with Gasteiger partial charge < -0.3 is 5.32 Å². The Labute approximate surface area is 126 Å². The minimum Gasteiger partial charge on any atom is -0.332 e. The van der Waals surface area contributed by atoms with Crippen LogP contribution in [0.2, 0.25) is 0 Å². The molecule has 0 amide bonds. The molecule has 1 aromatic heterocycles. The van der Waals surface area contributed by atoms with E-state index in [9.17, 15) is 13.0 Å². The predicted octanol–water partition coefficient (Wildman–Crippen LogP) is 3.60. The van der Waals surface area contributed by atoms with Crippen LogP contribution in [-0.2, 0) is 10.1 Å². The van der Waals surface area contributed by atoms with Gasteiger partial charge in [-0.25, -0.2) is 4.98 Å². The van der Waals surface area contributed by atoms with E-state index in [2.05, 4.69) is 10.3 Å². The number of hydrogen-bond acceptors (Lipinski definition) is 5. The largest absolute Gasteiger partial charge is 0.332 e. The molecule has 0 atom stereocenters. The first-order chi connectivity index (χ1) is 9.95. The van der Waals surface area contributed by atoms with Gasteiger partial charge in [0.15, 0.2) is 5.13 Å². The number of aryl methyl sites for hydroxylation is 1. The zero-order valence-electron chi connectivity index (χ0n) is 11.1. The van der Waals surface area contributed by atoms with E-state index in [0.29, 0.717) is 20.9 Å². The van der Waals surface area contributed by atoms with Gasteiger partial charge in [-0.1, -0.05) is 35.6 Å². The van der Waals surface area contributed by atoms with E-state index in [0.717, 1.165) is 5.69 Å². The maximum absolute atomic E-state index is 11.5. The van der Waals surface area contributed by atoms with Crippen LogP contribution in [0.3, 0.4) is 0 Å². The Balaban J connectivity index is 2.13. The van der Waals surface area contributed by atoms with Crippen molar-refractivity contribution in [3.05, 3.63) is 48.0 Å². The highest BCUT2D eigenvalue weighted by molar-refractivity contribution is 7.86. The van der Waals surface area contributed by atoms with E-state index in [1.54, 1.807) is 19.1 Å². The highest BCUT2D eigenvalue weighted by Gasteiger charge is 2.20. The molecule has 0 saturated carbocycles. The van der Waals surface area contributed by atoms with Crippen molar-refractivity contribution in [3.8, 4) is 0 Å². The van der Waals surface area contributed by atoms with Gasteiger partial charge >= 0.3 is 0 Å². The average Bonchev–Trinajstić information content (AvgIpc) is 2.80. The highest BCUT2D eigenvalue weighted by Crippen LogP contribution is 2.34. The van der Waals surface area contributed by atoms with Gasteiger partial charge in [0.1, 0.15) is 4.90 Å². The summed E-state index contributed by atoms with van der Waals surface area (Å²) in [6.45, 7) is 1.65. The van der Waals surface area contributed by atoms with Crippen LogP contribution in [0.4, 0.5) is 10.8 Å². The molecule has 5 nitrogen and oxygen atoms in total. The quantitative estimate of drug-likeness (QED) is 0.721. The molecule has 0 aliphatic rings. The maximum Gasteiger partial charge on any atom is 0.296 e. The third-order valence-electron chi connectivity index (χ3n) is 2.99. The summed E-state index contributed by atoms with van der Waals surface area (Å²) >= 11 is 1.20. The fourth-order valence-corrected chi connectivity index (χ4v) is 4.32. The molecule has 21 heavy (non-hydrogen) atoms. The number of nitrogens with zero attached hydrogens (tertiary/aromatic N) is 1. The van der Waals surface area contributed by atoms with Gasteiger partial charge in [-0.05, 0) is 30.7 Å². The van der Waals surface area contributed by atoms with Crippen LogP contribution in [0.1, 0.15) is 5.56 Å². The Bertz CT molecular complexity index is 903. The first kappa shape index (κ1) is 14.0. The molecule has 0 aliphatic heterocycles. The van der Waals surface area contributed by atoms with Crippen molar-refractivity contribution in [2.24, 2.45) is 0 Å². The minimum absolute atomic E-state index is 0.0707. The lowest BCUT2D eigenvalue weighted by atomic mass is 10.2. The molecule has 0 bridgehead atoms. The van der Waals surface area contributed by atoms with E-state index < -0.39 is 10.1 Å². The average molecular weight is 320 g/mol. The maximum atomic E-state index is 11.5. The van der Waals surface area contributed by atoms with Gasteiger partial charge in [0.2, 0.25) is 0 Å². The zero-order valence-corrected chi connectivity index (χ0v) is 12.7. The van der Waals surface area contributed by atoms with Crippen molar-refractivity contribution in [3.63, 3.8) is 0 Å². The van der Waals surface area contributed by atoms with E-state index in [1.807, 2.05) is 30.3 Å². The molecule has 0 spiro atoms. The molecule has 0 saturated heterocycles. The molecule has 0 aliphatic carbocycles.